The van der Waals surface area contributed by atoms with E-state index in [-0.39, 0.29) is 5.41 Å². The second-order valence-corrected chi connectivity index (χ2v) is 8.96. The van der Waals surface area contributed by atoms with E-state index < -0.39 is 0 Å². The molecule has 2 saturated carbocycles. The van der Waals surface area contributed by atoms with Crippen molar-refractivity contribution in [2.45, 2.75) is 72.6 Å². The van der Waals surface area contributed by atoms with Crippen LogP contribution in [0.3, 0.4) is 0 Å². The summed E-state index contributed by atoms with van der Waals surface area (Å²) >= 11 is 0. The van der Waals surface area contributed by atoms with Crippen LogP contribution < -0.4 is 0 Å². The van der Waals surface area contributed by atoms with Crippen molar-refractivity contribution in [3.8, 4) is 0 Å². The highest BCUT2D eigenvalue weighted by Gasteiger charge is 2.54. The van der Waals surface area contributed by atoms with Gasteiger partial charge in [-0.1, -0.05) is 51.8 Å². The van der Waals surface area contributed by atoms with Gasteiger partial charge in [0.1, 0.15) is 0 Å². The van der Waals surface area contributed by atoms with Crippen LogP contribution >= 0.6 is 0 Å². The van der Waals surface area contributed by atoms with Gasteiger partial charge in [0.25, 0.3) is 0 Å². The lowest BCUT2D eigenvalue weighted by atomic mass is 9.45. The molecular weight excluding hydrogens is 240 g/mol. The molecule has 0 bridgehead atoms. The van der Waals surface area contributed by atoms with E-state index in [4.69, 9.17) is 0 Å². The van der Waals surface area contributed by atoms with Crippen LogP contribution in [-0.4, -0.2) is 0 Å². The van der Waals surface area contributed by atoms with Crippen LogP contribution in [0.2, 0.25) is 0 Å². The van der Waals surface area contributed by atoms with E-state index in [0.29, 0.717) is 10.8 Å². The molecule has 0 aromatic heterocycles. The smallest absolute Gasteiger partial charge is 0.00330 e. The monoisotopic (exact) mass is 272 g/mol. The second-order valence-electron chi connectivity index (χ2n) is 8.96. The van der Waals surface area contributed by atoms with Crippen LogP contribution in [0.15, 0.2) is 24.3 Å². The van der Waals surface area contributed by atoms with E-state index >= 15 is 0 Å². The molecule has 0 N–H and O–H groups in total. The van der Waals surface area contributed by atoms with Crippen molar-refractivity contribution in [2.75, 3.05) is 0 Å². The van der Waals surface area contributed by atoms with Crippen molar-refractivity contribution < 1.29 is 0 Å². The molecule has 0 spiro atoms. The van der Waals surface area contributed by atoms with Crippen molar-refractivity contribution in [2.24, 2.45) is 28.1 Å². The van der Waals surface area contributed by atoms with Gasteiger partial charge in [0, 0.05) is 5.41 Å². The summed E-state index contributed by atoms with van der Waals surface area (Å²) in [5, 5.41) is 0. The molecule has 3 aliphatic carbocycles. The molecule has 0 amide bonds. The van der Waals surface area contributed by atoms with Crippen LogP contribution in [0.1, 0.15) is 72.6 Å². The molecule has 0 saturated heterocycles. The third kappa shape index (κ3) is 2.02. The molecule has 0 aromatic carbocycles. The molecule has 0 heterocycles. The van der Waals surface area contributed by atoms with Gasteiger partial charge in [-0.15, -0.1) is 6.58 Å². The highest BCUT2D eigenvalue weighted by Crippen LogP contribution is 2.63. The summed E-state index contributed by atoms with van der Waals surface area (Å²) in [7, 11) is 0. The Balaban J connectivity index is 1.97. The third-order valence-corrected chi connectivity index (χ3v) is 7.19. The zero-order valence-electron chi connectivity index (χ0n) is 14.0. The molecule has 20 heavy (non-hydrogen) atoms. The highest BCUT2D eigenvalue weighted by molar-refractivity contribution is 5.26. The van der Waals surface area contributed by atoms with Crippen LogP contribution in [0.4, 0.5) is 0 Å². The Kier molecular flexibility index (Phi) is 3.23. The maximum Gasteiger partial charge on any atom is 0.00330 e. The summed E-state index contributed by atoms with van der Waals surface area (Å²) in [4.78, 5) is 0. The Morgan fingerprint density at radius 1 is 1.10 bits per heavy atom. The zero-order chi connectivity index (χ0) is 14.6. The predicted octanol–water partition coefficient (Wildman–Crippen LogP) is 6.14. The molecule has 112 valence electrons. The Labute approximate surface area is 125 Å². The molecule has 0 radical (unpaired) electrons. The summed E-state index contributed by atoms with van der Waals surface area (Å²) in [5.41, 5.74) is 3.15. The van der Waals surface area contributed by atoms with Crippen molar-refractivity contribution >= 4 is 0 Å². The van der Waals surface area contributed by atoms with Crippen molar-refractivity contribution in [3.05, 3.63) is 24.3 Å². The van der Waals surface area contributed by atoms with Gasteiger partial charge >= 0.3 is 0 Å². The number of fused-ring (bicyclic) bond motifs is 3. The Morgan fingerprint density at radius 2 is 1.85 bits per heavy atom. The minimum absolute atomic E-state index is 0.263. The number of hydrogen-bond donors (Lipinski definition) is 0. The fraction of sp³-hybridized carbons (Fsp3) is 0.800. The normalized spacial score (nSPS) is 46.9. The first-order chi connectivity index (χ1) is 9.31. The van der Waals surface area contributed by atoms with Gasteiger partial charge in [-0.3, -0.25) is 0 Å². The second kappa shape index (κ2) is 4.49. The van der Waals surface area contributed by atoms with E-state index in [9.17, 15) is 0 Å². The van der Waals surface area contributed by atoms with Gasteiger partial charge in [-0.25, -0.2) is 0 Å². The Morgan fingerprint density at radius 3 is 2.55 bits per heavy atom. The number of rotatable bonds is 1. The van der Waals surface area contributed by atoms with E-state index in [1.54, 1.807) is 5.57 Å². The lowest BCUT2D eigenvalue weighted by Crippen LogP contribution is -2.50. The first-order valence-electron chi connectivity index (χ1n) is 8.66. The van der Waals surface area contributed by atoms with E-state index in [0.717, 1.165) is 11.8 Å². The molecule has 1 unspecified atom stereocenters. The molecule has 2 fully saturated rings. The molecule has 0 nitrogen and oxygen atoms in total. The van der Waals surface area contributed by atoms with Gasteiger partial charge in [-0.05, 0) is 61.2 Å². The van der Waals surface area contributed by atoms with E-state index in [1.807, 2.05) is 0 Å². The quantitative estimate of drug-likeness (QED) is 0.503. The van der Waals surface area contributed by atoms with Gasteiger partial charge in [-0.2, -0.15) is 0 Å². The minimum atomic E-state index is 0.263. The van der Waals surface area contributed by atoms with Gasteiger partial charge < -0.3 is 0 Å². The first-order valence-corrected chi connectivity index (χ1v) is 8.66. The highest BCUT2D eigenvalue weighted by atomic mass is 14.6. The molecule has 3 rings (SSSR count). The van der Waals surface area contributed by atoms with Crippen LogP contribution in [0, 0.1) is 28.1 Å². The van der Waals surface area contributed by atoms with Gasteiger partial charge in [0.2, 0.25) is 0 Å². The largest absolute Gasteiger partial charge is 0.102 e. The zero-order valence-corrected chi connectivity index (χ0v) is 14.0. The molecule has 0 aliphatic heterocycles. The van der Waals surface area contributed by atoms with Gasteiger partial charge in [0.05, 0.1) is 0 Å². The lowest BCUT2D eigenvalue weighted by molar-refractivity contribution is -0.0587. The summed E-state index contributed by atoms with van der Waals surface area (Å²) < 4.78 is 0. The maximum absolute atomic E-state index is 4.07. The Bertz CT molecular complexity index is 441. The molecule has 0 heteroatoms. The fourth-order valence-electron chi connectivity index (χ4n) is 6.01. The topological polar surface area (TPSA) is 0 Å². The van der Waals surface area contributed by atoms with Crippen LogP contribution in [-0.2, 0) is 0 Å². The average Bonchev–Trinajstić information content (AvgIpc) is 2.37. The van der Waals surface area contributed by atoms with E-state index in [1.165, 1.54) is 44.9 Å². The summed E-state index contributed by atoms with van der Waals surface area (Å²) in [6, 6.07) is 0. The first kappa shape index (κ1) is 14.4. The Hall–Kier alpha value is -0.520. The third-order valence-electron chi connectivity index (χ3n) is 7.19. The molecule has 3 aliphatic rings. The fourth-order valence-corrected chi connectivity index (χ4v) is 6.01. The summed E-state index contributed by atoms with van der Waals surface area (Å²) in [5.74, 6) is 1.79. The van der Waals surface area contributed by atoms with Crippen LogP contribution in [0.25, 0.3) is 0 Å². The SMILES string of the molecule is C=C[C@]1(C)C=C2CC[C@H]3C(C)(C)CCCC3(C)[C@H]2CC1. The van der Waals surface area contributed by atoms with Crippen LogP contribution in [0.5, 0.6) is 0 Å². The summed E-state index contributed by atoms with van der Waals surface area (Å²) in [6.45, 7) is 14.1. The van der Waals surface area contributed by atoms with Crippen molar-refractivity contribution in [3.63, 3.8) is 0 Å². The predicted molar refractivity (Wildman–Crippen MR) is 87.6 cm³/mol. The lowest BCUT2D eigenvalue weighted by Gasteiger charge is -2.59. The maximum atomic E-state index is 4.07. The van der Waals surface area contributed by atoms with Crippen molar-refractivity contribution in [1.82, 2.24) is 0 Å². The summed E-state index contributed by atoms with van der Waals surface area (Å²) in [6.07, 6.45) is 14.5. The molecular formula is C20H32. The minimum Gasteiger partial charge on any atom is -0.102 e. The van der Waals surface area contributed by atoms with Crippen molar-refractivity contribution in [1.29, 1.82) is 0 Å². The van der Waals surface area contributed by atoms with Gasteiger partial charge in [0.15, 0.2) is 0 Å². The molecule has 0 aromatic rings. The molecule has 4 atom stereocenters. The number of allylic oxidation sites excluding steroid dienone is 3. The average molecular weight is 272 g/mol. The standard InChI is InChI=1S/C20H32/c1-6-19(4)13-10-16-15(14-19)8-9-17-18(2,3)11-7-12-20(16,17)5/h6,14,16-17H,1,7-13H2,2-5H3/t16-,17-,19-,20?/m0/s1. The number of hydrogen-bond acceptors (Lipinski definition) is 0. The van der Waals surface area contributed by atoms with E-state index in [2.05, 4.69) is 46.4 Å².